The third-order valence-corrected chi connectivity index (χ3v) is 5.49. The van der Waals surface area contributed by atoms with Gasteiger partial charge < -0.3 is 14.2 Å². The van der Waals surface area contributed by atoms with E-state index in [-0.39, 0.29) is 11.3 Å². The first-order valence-electron chi connectivity index (χ1n) is 10.8. The lowest BCUT2D eigenvalue weighted by atomic mass is 9.88. The zero-order valence-electron chi connectivity index (χ0n) is 17.8. The predicted octanol–water partition coefficient (Wildman–Crippen LogP) is 5.67. The normalized spacial score (nSPS) is 18.2. The van der Waals surface area contributed by atoms with Crippen LogP contribution in [0.3, 0.4) is 0 Å². The summed E-state index contributed by atoms with van der Waals surface area (Å²) in [6.45, 7) is 3.68. The molecule has 0 heterocycles. The zero-order valence-corrected chi connectivity index (χ0v) is 17.8. The first kappa shape index (κ1) is 22.8. The third-order valence-electron chi connectivity index (χ3n) is 5.49. The van der Waals surface area contributed by atoms with Crippen molar-refractivity contribution in [2.24, 2.45) is 5.92 Å². The molecule has 0 aliphatic heterocycles. The largest absolute Gasteiger partial charge is 0.493 e. The summed E-state index contributed by atoms with van der Waals surface area (Å²) in [6, 6.07) is 12.1. The fraction of sp³-hybridized carbons (Fsp3) is 0.440. The van der Waals surface area contributed by atoms with Gasteiger partial charge in [0.15, 0.2) is 0 Å². The molecule has 0 bridgehead atoms. The first-order valence-corrected chi connectivity index (χ1v) is 10.8. The van der Waals surface area contributed by atoms with Crippen LogP contribution in [0, 0.1) is 23.1 Å². The number of halogens is 1. The van der Waals surface area contributed by atoms with Gasteiger partial charge in [-0.1, -0.05) is 13.3 Å². The molecule has 2 aromatic carbocycles. The highest BCUT2D eigenvalue weighted by Crippen LogP contribution is 2.27. The van der Waals surface area contributed by atoms with Gasteiger partial charge in [0.25, 0.3) is 0 Å². The molecule has 1 fully saturated rings. The summed E-state index contributed by atoms with van der Waals surface area (Å²) in [5.74, 6) is -0.0597. The van der Waals surface area contributed by atoms with E-state index in [1.165, 1.54) is 12.1 Å². The Balaban J connectivity index is 1.43. The second-order valence-electron chi connectivity index (χ2n) is 7.85. The molecule has 2 aromatic rings. The molecule has 0 unspecified atom stereocenters. The highest BCUT2D eigenvalue weighted by Gasteiger charge is 2.22. The van der Waals surface area contributed by atoms with Crippen molar-refractivity contribution in [3.8, 4) is 17.6 Å². The maximum absolute atomic E-state index is 13.6. The van der Waals surface area contributed by atoms with E-state index >= 15 is 0 Å². The van der Waals surface area contributed by atoms with E-state index in [4.69, 9.17) is 19.5 Å². The van der Waals surface area contributed by atoms with Crippen molar-refractivity contribution in [3.63, 3.8) is 0 Å². The smallest absolute Gasteiger partial charge is 0.343 e. The molecule has 3 rings (SSSR count). The molecule has 31 heavy (non-hydrogen) atoms. The van der Waals surface area contributed by atoms with E-state index in [9.17, 15) is 9.18 Å². The molecule has 0 spiro atoms. The van der Waals surface area contributed by atoms with Gasteiger partial charge in [-0.3, -0.25) is 0 Å². The summed E-state index contributed by atoms with van der Waals surface area (Å²) >= 11 is 0. The van der Waals surface area contributed by atoms with Crippen molar-refractivity contribution in [3.05, 3.63) is 59.4 Å². The van der Waals surface area contributed by atoms with Crippen LogP contribution in [-0.4, -0.2) is 25.3 Å². The van der Waals surface area contributed by atoms with Gasteiger partial charge in [-0.15, -0.1) is 0 Å². The molecule has 1 aliphatic carbocycles. The maximum Gasteiger partial charge on any atom is 0.343 e. The Bertz CT molecular complexity index is 899. The predicted molar refractivity (Wildman–Crippen MR) is 115 cm³/mol. The van der Waals surface area contributed by atoms with Crippen molar-refractivity contribution in [1.82, 2.24) is 0 Å². The Kier molecular flexibility index (Phi) is 8.43. The molecule has 1 aliphatic rings. The lowest BCUT2D eigenvalue weighted by Gasteiger charge is -2.28. The summed E-state index contributed by atoms with van der Waals surface area (Å²) in [7, 11) is 0. The van der Waals surface area contributed by atoms with E-state index < -0.39 is 11.8 Å². The van der Waals surface area contributed by atoms with E-state index in [1.807, 2.05) is 0 Å². The van der Waals surface area contributed by atoms with Crippen LogP contribution in [0.25, 0.3) is 0 Å². The summed E-state index contributed by atoms with van der Waals surface area (Å²) in [6.07, 6.45) is 7.03. The third kappa shape index (κ3) is 6.80. The Morgan fingerprint density at radius 2 is 1.81 bits per heavy atom. The SMILES string of the molecule is CCCCO[C@H]1CC[C@H](COc2ccc(C(=O)Oc3ccc(C#N)c(F)c3)cc2)CC1. The molecule has 6 heteroatoms. The summed E-state index contributed by atoms with van der Waals surface area (Å²) in [5, 5.41) is 8.76. The molecule has 0 aromatic heterocycles. The highest BCUT2D eigenvalue weighted by atomic mass is 19.1. The Hall–Kier alpha value is -2.91. The van der Waals surface area contributed by atoms with Gasteiger partial charge in [-0.2, -0.15) is 5.26 Å². The zero-order chi connectivity index (χ0) is 22.1. The molecule has 5 nitrogen and oxygen atoms in total. The van der Waals surface area contributed by atoms with Crippen molar-refractivity contribution in [1.29, 1.82) is 5.26 Å². The van der Waals surface area contributed by atoms with E-state index in [1.54, 1.807) is 30.3 Å². The van der Waals surface area contributed by atoms with Gasteiger partial charge in [0, 0.05) is 12.7 Å². The fourth-order valence-electron chi connectivity index (χ4n) is 3.58. The van der Waals surface area contributed by atoms with Gasteiger partial charge in [-0.05, 0) is 74.4 Å². The lowest BCUT2D eigenvalue weighted by molar-refractivity contribution is 0.0116. The van der Waals surface area contributed by atoms with E-state index in [2.05, 4.69) is 6.92 Å². The number of rotatable bonds is 9. The monoisotopic (exact) mass is 425 g/mol. The van der Waals surface area contributed by atoms with E-state index in [0.717, 1.165) is 51.2 Å². The van der Waals surface area contributed by atoms with Crippen LogP contribution in [0.5, 0.6) is 11.5 Å². The number of carbonyl (C=O) groups is 1. The quantitative estimate of drug-likeness (QED) is 0.294. The Morgan fingerprint density at radius 3 is 2.45 bits per heavy atom. The van der Waals surface area contributed by atoms with Gasteiger partial charge in [-0.25, -0.2) is 9.18 Å². The van der Waals surface area contributed by atoms with Crippen molar-refractivity contribution in [2.45, 2.75) is 51.6 Å². The van der Waals surface area contributed by atoms with Gasteiger partial charge in [0.05, 0.1) is 23.8 Å². The second kappa shape index (κ2) is 11.5. The number of unbranched alkanes of at least 4 members (excludes halogenated alkanes) is 1. The van der Waals surface area contributed by atoms with Crippen LogP contribution in [0.2, 0.25) is 0 Å². The molecule has 0 atom stereocenters. The highest BCUT2D eigenvalue weighted by molar-refractivity contribution is 5.91. The number of esters is 1. The van der Waals surface area contributed by atoms with Crippen LogP contribution in [0.1, 0.15) is 61.4 Å². The Morgan fingerprint density at radius 1 is 1.10 bits per heavy atom. The number of nitriles is 1. The lowest BCUT2D eigenvalue weighted by Crippen LogP contribution is -2.25. The molecular formula is C25H28FNO4. The molecule has 164 valence electrons. The first-order chi connectivity index (χ1) is 15.1. The molecular weight excluding hydrogens is 397 g/mol. The number of carbonyl (C=O) groups excluding carboxylic acids is 1. The molecule has 0 saturated heterocycles. The fourth-order valence-corrected chi connectivity index (χ4v) is 3.58. The second-order valence-corrected chi connectivity index (χ2v) is 7.85. The Labute approximate surface area is 182 Å². The number of hydrogen-bond acceptors (Lipinski definition) is 5. The minimum Gasteiger partial charge on any atom is -0.493 e. The molecule has 1 saturated carbocycles. The number of ether oxygens (including phenoxy) is 3. The van der Waals surface area contributed by atoms with Crippen LogP contribution in [0.4, 0.5) is 4.39 Å². The number of nitrogens with zero attached hydrogens (tertiary/aromatic N) is 1. The van der Waals surface area contributed by atoms with Gasteiger partial charge in [0.2, 0.25) is 0 Å². The summed E-state index contributed by atoms with van der Waals surface area (Å²) in [5.41, 5.74) is 0.237. The van der Waals surface area contributed by atoms with Crippen LogP contribution in [0.15, 0.2) is 42.5 Å². The van der Waals surface area contributed by atoms with Crippen molar-refractivity contribution >= 4 is 5.97 Å². The number of benzene rings is 2. The molecule has 0 radical (unpaired) electrons. The minimum absolute atomic E-state index is 0.0519. The number of hydrogen-bond donors (Lipinski definition) is 0. The van der Waals surface area contributed by atoms with Crippen molar-refractivity contribution < 1.29 is 23.4 Å². The topological polar surface area (TPSA) is 68.6 Å². The van der Waals surface area contributed by atoms with Crippen LogP contribution in [-0.2, 0) is 4.74 Å². The average Bonchev–Trinajstić information content (AvgIpc) is 2.79. The molecule has 0 N–H and O–H groups in total. The minimum atomic E-state index is -0.724. The van der Waals surface area contributed by atoms with Gasteiger partial charge in [0.1, 0.15) is 23.4 Å². The van der Waals surface area contributed by atoms with Gasteiger partial charge >= 0.3 is 5.97 Å². The van der Waals surface area contributed by atoms with E-state index in [0.29, 0.717) is 29.9 Å². The average molecular weight is 426 g/mol. The maximum atomic E-state index is 13.6. The summed E-state index contributed by atoms with van der Waals surface area (Å²) < 4.78 is 30.6. The van der Waals surface area contributed by atoms with Crippen LogP contribution < -0.4 is 9.47 Å². The standard InChI is InChI=1S/C25H28FNO4/c1-2-3-14-29-21-9-4-18(5-10-21)17-30-22-11-6-19(7-12-22)25(28)31-23-13-8-20(16-27)24(26)15-23/h6-8,11-13,15,18,21H,2-5,9-10,14,17H2,1H3/t18-,21-. The van der Waals surface area contributed by atoms with Crippen LogP contribution >= 0.6 is 0 Å². The molecule has 0 amide bonds. The summed E-state index contributed by atoms with van der Waals surface area (Å²) in [4.78, 5) is 12.3. The van der Waals surface area contributed by atoms with Crippen molar-refractivity contribution in [2.75, 3.05) is 13.2 Å².